The second kappa shape index (κ2) is 5.03. The van der Waals surface area contributed by atoms with E-state index in [1.165, 1.54) is 0 Å². The van der Waals surface area contributed by atoms with E-state index in [9.17, 15) is 9.18 Å². The summed E-state index contributed by atoms with van der Waals surface area (Å²) >= 11 is 0. The average molecular weight is 192 g/mol. The van der Waals surface area contributed by atoms with Crippen molar-refractivity contribution in [2.45, 2.75) is 6.42 Å². The van der Waals surface area contributed by atoms with Crippen LogP contribution in [0, 0.1) is 11.8 Å². The summed E-state index contributed by atoms with van der Waals surface area (Å²) in [4.78, 5) is 10.3. The van der Waals surface area contributed by atoms with Crippen molar-refractivity contribution in [2.75, 3.05) is 6.67 Å². The van der Waals surface area contributed by atoms with Gasteiger partial charge in [-0.3, -0.25) is 4.79 Å². The molecule has 0 saturated heterocycles. The van der Waals surface area contributed by atoms with Crippen molar-refractivity contribution in [2.24, 2.45) is 0 Å². The summed E-state index contributed by atoms with van der Waals surface area (Å²) in [6, 6.07) is 6.72. The molecule has 0 aliphatic carbocycles. The Labute approximate surface area is 81.4 Å². The predicted molar refractivity (Wildman–Crippen MR) is 50.6 cm³/mol. The van der Waals surface area contributed by atoms with Gasteiger partial charge in [-0.05, 0) is 17.7 Å². The quantitative estimate of drug-likeness (QED) is 0.723. The van der Waals surface area contributed by atoms with Gasteiger partial charge in [0.25, 0.3) is 0 Å². The van der Waals surface area contributed by atoms with Crippen LogP contribution in [0.25, 0.3) is 0 Å². The highest BCUT2D eigenvalue weighted by Gasteiger charge is 1.98. The van der Waals surface area contributed by atoms with Gasteiger partial charge in [0, 0.05) is 5.56 Å². The van der Waals surface area contributed by atoms with Gasteiger partial charge >= 0.3 is 5.97 Å². The van der Waals surface area contributed by atoms with E-state index in [2.05, 4.69) is 11.8 Å². The average Bonchev–Trinajstić information content (AvgIpc) is 2.16. The molecule has 0 fully saturated rings. The first-order chi connectivity index (χ1) is 6.72. The van der Waals surface area contributed by atoms with Gasteiger partial charge in [-0.1, -0.05) is 24.0 Å². The van der Waals surface area contributed by atoms with Gasteiger partial charge in [0.2, 0.25) is 0 Å². The van der Waals surface area contributed by atoms with Crippen LogP contribution in [0.3, 0.4) is 0 Å². The Morgan fingerprint density at radius 1 is 1.36 bits per heavy atom. The first kappa shape index (κ1) is 10.3. The van der Waals surface area contributed by atoms with Crippen LogP contribution in [-0.2, 0) is 11.2 Å². The molecule has 1 aromatic carbocycles. The Kier molecular flexibility index (Phi) is 3.69. The van der Waals surface area contributed by atoms with Gasteiger partial charge in [0.1, 0.15) is 0 Å². The molecule has 0 aliphatic heterocycles. The third-order valence-electron chi connectivity index (χ3n) is 1.61. The molecule has 0 bridgehead atoms. The fourth-order valence-electron chi connectivity index (χ4n) is 1.02. The molecule has 0 aromatic heterocycles. The van der Waals surface area contributed by atoms with E-state index in [4.69, 9.17) is 5.11 Å². The molecule has 0 saturated carbocycles. The fourth-order valence-corrected chi connectivity index (χ4v) is 1.02. The summed E-state index contributed by atoms with van der Waals surface area (Å²) < 4.78 is 11.7. The molecule has 0 heterocycles. The Hall–Kier alpha value is -1.82. The summed E-state index contributed by atoms with van der Waals surface area (Å²) in [5, 5.41) is 8.50. The predicted octanol–water partition coefficient (Wildman–Crippen LogP) is 1.63. The monoisotopic (exact) mass is 192 g/mol. The van der Waals surface area contributed by atoms with Crippen molar-refractivity contribution in [3.05, 3.63) is 35.4 Å². The number of carboxylic acid groups (broad SMARTS) is 1. The van der Waals surface area contributed by atoms with E-state index in [0.717, 1.165) is 0 Å². The van der Waals surface area contributed by atoms with Crippen molar-refractivity contribution in [1.29, 1.82) is 0 Å². The zero-order valence-corrected chi connectivity index (χ0v) is 7.46. The summed E-state index contributed by atoms with van der Waals surface area (Å²) in [7, 11) is 0. The van der Waals surface area contributed by atoms with Crippen LogP contribution in [0.5, 0.6) is 0 Å². The zero-order valence-electron chi connectivity index (χ0n) is 7.46. The van der Waals surface area contributed by atoms with Gasteiger partial charge in [0.05, 0.1) is 6.42 Å². The minimum atomic E-state index is -0.868. The molecule has 0 aliphatic rings. The van der Waals surface area contributed by atoms with E-state index in [1.807, 2.05) is 0 Å². The summed E-state index contributed by atoms with van der Waals surface area (Å²) in [5.41, 5.74) is 1.40. The van der Waals surface area contributed by atoms with E-state index < -0.39 is 12.6 Å². The van der Waals surface area contributed by atoms with Crippen LogP contribution < -0.4 is 0 Å². The second-order valence-corrected chi connectivity index (χ2v) is 2.70. The van der Waals surface area contributed by atoms with Gasteiger partial charge in [-0.15, -0.1) is 0 Å². The number of hydrogen-bond donors (Lipinski definition) is 1. The summed E-state index contributed by atoms with van der Waals surface area (Å²) in [5.74, 6) is 4.03. The van der Waals surface area contributed by atoms with Crippen molar-refractivity contribution >= 4 is 5.97 Å². The SMILES string of the molecule is O=C(O)Cc1ccc(C#CCF)cc1. The van der Waals surface area contributed by atoms with Crippen molar-refractivity contribution in [3.8, 4) is 11.8 Å². The Morgan fingerprint density at radius 3 is 2.50 bits per heavy atom. The molecule has 0 atom stereocenters. The molecule has 72 valence electrons. The first-order valence-electron chi connectivity index (χ1n) is 4.08. The summed E-state index contributed by atoms with van der Waals surface area (Å²) in [6.45, 7) is -0.670. The van der Waals surface area contributed by atoms with Crippen molar-refractivity contribution < 1.29 is 14.3 Å². The Bertz CT molecular complexity index is 371. The van der Waals surface area contributed by atoms with Gasteiger partial charge in [-0.2, -0.15) is 0 Å². The van der Waals surface area contributed by atoms with Crippen LogP contribution >= 0.6 is 0 Å². The van der Waals surface area contributed by atoms with E-state index >= 15 is 0 Å². The molecule has 0 amide bonds. The van der Waals surface area contributed by atoms with Crippen LogP contribution in [0.15, 0.2) is 24.3 Å². The van der Waals surface area contributed by atoms with E-state index in [-0.39, 0.29) is 6.42 Å². The number of carbonyl (C=O) groups is 1. The molecule has 1 rings (SSSR count). The number of hydrogen-bond acceptors (Lipinski definition) is 1. The lowest BCUT2D eigenvalue weighted by Crippen LogP contribution is -1.99. The molecule has 0 unspecified atom stereocenters. The highest BCUT2D eigenvalue weighted by Crippen LogP contribution is 2.03. The second-order valence-electron chi connectivity index (χ2n) is 2.70. The highest BCUT2D eigenvalue weighted by molar-refractivity contribution is 5.70. The lowest BCUT2D eigenvalue weighted by molar-refractivity contribution is -0.136. The number of benzene rings is 1. The largest absolute Gasteiger partial charge is 0.481 e. The molecule has 0 spiro atoms. The molecule has 2 nitrogen and oxygen atoms in total. The minimum absolute atomic E-state index is 0.00316. The molecule has 3 heteroatoms. The highest BCUT2D eigenvalue weighted by atomic mass is 19.1. The van der Waals surface area contributed by atoms with Gasteiger partial charge < -0.3 is 5.11 Å². The zero-order chi connectivity index (χ0) is 10.4. The maximum atomic E-state index is 11.7. The number of alkyl halides is 1. The smallest absolute Gasteiger partial charge is 0.307 e. The standard InChI is InChI=1S/C11H9FO2/c12-7-1-2-9-3-5-10(6-4-9)8-11(13)14/h3-6H,7-8H2,(H,13,14). The third-order valence-corrected chi connectivity index (χ3v) is 1.61. The van der Waals surface area contributed by atoms with Gasteiger partial charge in [0.15, 0.2) is 6.67 Å². The lowest BCUT2D eigenvalue weighted by Gasteiger charge is -1.96. The molecule has 14 heavy (non-hydrogen) atoms. The van der Waals surface area contributed by atoms with E-state index in [1.54, 1.807) is 24.3 Å². The van der Waals surface area contributed by atoms with Gasteiger partial charge in [-0.25, -0.2) is 4.39 Å². The van der Waals surface area contributed by atoms with Crippen molar-refractivity contribution in [3.63, 3.8) is 0 Å². The van der Waals surface area contributed by atoms with E-state index in [0.29, 0.717) is 11.1 Å². The number of aliphatic carboxylic acids is 1. The summed E-state index contributed by atoms with van der Waals surface area (Å²) in [6.07, 6.45) is -0.00316. The topological polar surface area (TPSA) is 37.3 Å². The molecular formula is C11H9FO2. The molecule has 0 radical (unpaired) electrons. The molecule has 1 N–H and O–H groups in total. The third kappa shape index (κ3) is 3.28. The maximum Gasteiger partial charge on any atom is 0.307 e. The van der Waals surface area contributed by atoms with Crippen LogP contribution in [0.2, 0.25) is 0 Å². The minimum Gasteiger partial charge on any atom is -0.481 e. The number of rotatable bonds is 2. The van der Waals surface area contributed by atoms with Crippen LogP contribution in [0.1, 0.15) is 11.1 Å². The molecular weight excluding hydrogens is 183 g/mol. The Morgan fingerprint density at radius 2 is 2.00 bits per heavy atom. The lowest BCUT2D eigenvalue weighted by atomic mass is 10.1. The van der Waals surface area contributed by atoms with Crippen LogP contribution in [0.4, 0.5) is 4.39 Å². The number of carboxylic acids is 1. The van der Waals surface area contributed by atoms with Crippen LogP contribution in [-0.4, -0.2) is 17.8 Å². The first-order valence-corrected chi connectivity index (χ1v) is 4.08. The Balaban J connectivity index is 2.73. The maximum absolute atomic E-state index is 11.7. The normalized spacial score (nSPS) is 8.93. The number of halogens is 1. The molecule has 1 aromatic rings. The fraction of sp³-hybridized carbons (Fsp3) is 0.182. The van der Waals surface area contributed by atoms with Crippen molar-refractivity contribution in [1.82, 2.24) is 0 Å².